The highest BCUT2D eigenvalue weighted by Crippen LogP contribution is 1.97. The molecule has 0 aliphatic carbocycles. The van der Waals surface area contributed by atoms with Gasteiger partial charge in [-0.1, -0.05) is 0 Å². The zero-order chi connectivity index (χ0) is 8.97. The zero-order valence-electron chi connectivity index (χ0n) is 6.82. The Morgan fingerprint density at radius 1 is 1.67 bits per heavy atom. The number of nitrogens with zero attached hydrogens (tertiary/aromatic N) is 2. The Labute approximate surface area is 70.3 Å². The molecule has 0 unspecified atom stereocenters. The van der Waals surface area contributed by atoms with Gasteiger partial charge in [0.15, 0.2) is 0 Å². The molecule has 0 aliphatic rings. The van der Waals surface area contributed by atoms with Gasteiger partial charge in [-0.15, -0.1) is 0 Å². The molecule has 0 saturated heterocycles. The summed E-state index contributed by atoms with van der Waals surface area (Å²) in [6.45, 7) is 1.85. The van der Waals surface area contributed by atoms with Crippen molar-refractivity contribution in [2.75, 3.05) is 0 Å². The van der Waals surface area contributed by atoms with Gasteiger partial charge in [-0.3, -0.25) is 4.79 Å². The Morgan fingerprint density at radius 3 is 3.00 bits per heavy atom. The van der Waals surface area contributed by atoms with Crippen molar-refractivity contribution < 1.29 is 9.90 Å². The number of hydrogen-bond acceptors (Lipinski definition) is 3. The van der Waals surface area contributed by atoms with Crippen LogP contribution in [0, 0.1) is 6.92 Å². The second-order valence-electron chi connectivity index (χ2n) is 2.51. The minimum atomic E-state index is -0.819. The Kier molecular flexibility index (Phi) is 2.74. The molecule has 1 aromatic heterocycles. The Bertz CT molecular complexity index is 286. The molecule has 0 amide bonds. The first-order chi connectivity index (χ1) is 5.68. The molecule has 1 rings (SSSR count). The van der Waals surface area contributed by atoms with Crippen LogP contribution in [0.5, 0.6) is 0 Å². The summed E-state index contributed by atoms with van der Waals surface area (Å²) in [6.07, 6.45) is 2.12. The highest BCUT2D eigenvalue weighted by molar-refractivity contribution is 5.66. The molecule has 64 valence electrons. The molecular weight excluding hydrogens is 156 g/mol. The number of carboxylic acid groups (broad SMARTS) is 1. The molecule has 0 fully saturated rings. The number of carboxylic acids is 1. The lowest BCUT2D eigenvalue weighted by Gasteiger charge is -1.96. The summed E-state index contributed by atoms with van der Waals surface area (Å²) >= 11 is 0. The molecule has 0 aliphatic heterocycles. The third-order valence-corrected chi connectivity index (χ3v) is 1.41. The Morgan fingerprint density at radius 2 is 2.42 bits per heavy atom. The molecule has 1 heterocycles. The fourth-order valence-corrected chi connectivity index (χ4v) is 0.840. The second kappa shape index (κ2) is 3.80. The monoisotopic (exact) mass is 166 g/mol. The van der Waals surface area contributed by atoms with Gasteiger partial charge in [-0.05, 0) is 13.0 Å². The first-order valence-electron chi connectivity index (χ1n) is 3.69. The van der Waals surface area contributed by atoms with E-state index in [2.05, 4.69) is 9.97 Å². The quantitative estimate of drug-likeness (QED) is 0.721. The number of aryl methyl sites for hydroxylation is 2. The summed E-state index contributed by atoms with van der Waals surface area (Å²) in [5, 5.41) is 8.39. The van der Waals surface area contributed by atoms with Gasteiger partial charge in [-0.25, -0.2) is 9.97 Å². The second-order valence-corrected chi connectivity index (χ2v) is 2.51. The van der Waals surface area contributed by atoms with Crippen molar-refractivity contribution in [3.8, 4) is 0 Å². The van der Waals surface area contributed by atoms with Gasteiger partial charge < -0.3 is 5.11 Å². The maximum Gasteiger partial charge on any atom is 0.303 e. The van der Waals surface area contributed by atoms with Crippen LogP contribution in [0.4, 0.5) is 0 Å². The van der Waals surface area contributed by atoms with E-state index in [0.29, 0.717) is 12.2 Å². The number of aromatic nitrogens is 2. The average molecular weight is 166 g/mol. The maximum absolute atomic E-state index is 10.2. The molecule has 12 heavy (non-hydrogen) atoms. The third-order valence-electron chi connectivity index (χ3n) is 1.41. The number of aliphatic carboxylic acids is 1. The molecule has 1 aromatic rings. The lowest BCUT2D eigenvalue weighted by molar-refractivity contribution is -0.137. The van der Waals surface area contributed by atoms with E-state index in [-0.39, 0.29) is 6.42 Å². The van der Waals surface area contributed by atoms with Crippen LogP contribution in [0.3, 0.4) is 0 Å². The molecule has 0 bridgehead atoms. The molecular formula is C8H10N2O2. The van der Waals surface area contributed by atoms with E-state index in [1.165, 1.54) is 0 Å². The van der Waals surface area contributed by atoms with Crippen LogP contribution < -0.4 is 0 Å². The van der Waals surface area contributed by atoms with Crippen LogP contribution in [0.2, 0.25) is 0 Å². The molecule has 0 spiro atoms. The van der Waals surface area contributed by atoms with E-state index in [1.807, 2.05) is 6.92 Å². The summed E-state index contributed by atoms with van der Waals surface area (Å²) in [6, 6.07) is 1.78. The van der Waals surface area contributed by atoms with Crippen LogP contribution in [0.15, 0.2) is 12.3 Å². The fraction of sp³-hybridized carbons (Fsp3) is 0.375. The van der Waals surface area contributed by atoms with Gasteiger partial charge in [0, 0.05) is 18.3 Å². The van der Waals surface area contributed by atoms with Crippen molar-refractivity contribution in [1.82, 2.24) is 9.97 Å². The number of carbonyl (C=O) groups is 1. The smallest absolute Gasteiger partial charge is 0.303 e. The van der Waals surface area contributed by atoms with Gasteiger partial charge in [0.25, 0.3) is 0 Å². The standard InChI is InChI=1S/C8H10N2O2/c1-6-4-5-9-7(10-6)2-3-8(11)12/h4-5H,2-3H2,1H3,(H,11,12). The van der Waals surface area contributed by atoms with Gasteiger partial charge in [0.1, 0.15) is 5.82 Å². The molecule has 4 nitrogen and oxygen atoms in total. The van der Waals surface area contributed by atoms with Crippen molar-refractivity contribution in [1.29, 1.82) is 0 Å². The van der Waals surface area contributed by atoms with E-state index >= 15 is 0 Å². The molecule has 0 aromatic carbocycles. The topological polar surface area (TPSA) is 63.1 Å². The van der Waals surface area contributed by atoms with Gasteiger partial charge in [0.2, 0.25) is 0 Å². The molecule has 1 N–H and O–H groups in total. The minimum absolute atomic E-state index is 0.0868. The van der Waals surface area contributed by atoms with E-state index < -0.39 is 5.97 Å². The van der Waals surface area contributed by atoms with Gasteiger partial charge in [0.05, 0.1) is 6.42 Å². The summed E-state index contributed by atoms with van der Waals surface area (Å²) in [5.74, 6) is -0.225. The van der Waals surface area contributed by atoms with Crippen molar-refractivity contribution in [2.45, 2.75) is 19.8 Å². The van der Waals surface area contributed by atoms with Crippen LogP contribution in [0.1, 0.15) is 17.9 Å². The lowest BCUT2D eigenvalue weighted by atomic mass is 10.3. The summed E-state index contributed by atoms with van der Waals surface area (Å²) in [4.78, 5) is 18.2. The van der Waals surface area contributed by atoms with Crippen LogP contribution >= 0.6 is 0 Å². The zero-order valence-corrected chi connectivity index (χ0v) is 6.82. The van der Waals surface area contributed by atoms with Crippen LogP contribution in [-0.2, 0) is 11.2 Å². The summed E-state index contributed by atoms with van der Waals surface area (Å²) in [7, 11) is 0. The van der Waals surface area contributed by atoms with E-state index in [1.54, 1.807) is 12.3 Å². The SMILES string of the molecule is Cc1ccnc(CCC(=O)O)n1. The highest BCUT2D eigenvalue weighted by atomic mass is 16.4. The summed E-state index contributed by atoms with van der Waals surface area (Å²) < 4.78 is 0. The minimum Gasteiger partial charge on any atom is -0.481 e. The van der Waals surface area contributed by atoms with Gasteiger partial charge >= 0.3 is 5.97 Å². The van der Waals surface area contributed by atoms with E-state index in [9.17, 15) is 4.79 Å². The predicted molar refractivity (Wildman–Crippen MR) is 42.7 cm³/mol. The van der Waals surface area contributed by atoms with E-state index in [0.717, 1.165) is 5.69 Å². The highest BCUT2D eigenvalue weighted by Gasteiger charge is 2.00. The summed E-state index contributed by atoms with van der Waals surface area (Å²) in [5.41, 5.74) is 0.866. The number of hydrogen-bond donors (Lipinski definition) is 1. The Hall–Kier alpha value is -1.45. The molecule has 0 saturated carbocycles. The van der Waals surface area contributed by atoms with Crippen molar-refractivity contribution in [2.24, 2.45) is 0 Å². The van der Waals surface area contributed by atoms with Crippen molar-refractivity contribution >= 4 is 5.97 Å². The van der Waals surface area contributed by atoms with E-state index in [4.69, 9.17) is 5.11 Å². The predicted octanol–water partition coefficient (Wildman–Crippen LogP) is 0.802. The molecule has 0 atom stereocenters. The lowest BCUT2D eigenvalue weighted by Crippen LogP contribution is -2.01. The van der Waals surface area contributed by atoms with Crippen molar-refractivity contribution in [3.05, 3.63) is 23.8 Å². The number of rotatable bonds is 3. The third kappa shape index (κ3) is 2.65. The molecule has 4 heteroatoms. The molecule has 0 radical (unpaired) electrons. The van der Waals surface area contributed by atoms with Crippen LogP contribution in [-0.4, -0.2) is 21.0 Å². The largest absolute Gasteiger partial charge is 0.481 e. The average Bonchev–Trinajstić information content (AvgIpc) is 2.01. The van der Waals surface area contributed by atoms with Crippen LogP contribution in [0.25, 0.3) is 0 Å². The first kappa shape index (κ1) is 8.64. The van der Waals surface area contributed by atoms with Gasteiger partial charge in [-0.2, -0.15) is 0 Å². The fourth-order valence-electron chi connectivity index (χ4n) is 0.840. The normalized spacial score (nSPS) is 9.75. The first-order valence-corrected chi connectivity index (χ1v) is 3.69. The van der Waals surface area contributed by atoms with Crippen molar-refractivity contribution in [3.63, 3.8) is 0 Å². The Balaban J connectivity index is 2.57. The maximum atomic E-state index is 10.2.